The molecule has 1 aliphatic rings. The summed E-state index contributed by atoms with van der Waals surface area (Å²) in [7, 11) is 1.88. The van der Waals surface area contributed by atoms with Gasteiger partial charge in [-0.15, -0.1) is 10.2 Å². The van der Waals surface area contributed by atoms with E-state index in [1.807, 2.05) is 7.05 Å². The molecule has 1 saturated heterocycles. The lowest BCUT2D eigenvalue weighted by molar-refractivity contribution is 0.272. The van der Waals surface area contributed by atoms with Crippen LogP contribution in [0.4, 0.5) is 5.13 Å². The van der Waals surface area contributed by atoms with E-state index in [1.165, 1.54) is 25.3 Å². The first kappa shape index (κ1) is 12.1. The van der Waals surface area contributed by atoms with E-state index in [1.54, 1.807) is 11.3 Å². The minimum atomic E-state index is 0.797. The monoisotopic (exact) mass is 258 g/mol. The molecule has 90 valence electrons. The smallest absolute Gasteiger partial charge is 0.205 e. The summed E-state index contributed by atoms with van der Waals surface area (Å²) in [5.74, 6) is 1.25. The number of anilines is 1. The predicted molar refractivity (Wildman–Crippen MR) is 71.3 cm³/mol. The van der Waals surface area contributed by atoms with Crippen molar-refractivity contribution in [2.75, 3.05) is 31.2 Å². The first-order valence-corrected chi connectivity index (χ1v) is 7.52. The van der Waals surface area contributed by atoms with Crippen LogP contribution in [-0.4, -0.2) is 46.2 Å². The van der Waals surface area contributed by atoms with Gasteiger partial charge in [-0.25, -0.2) is 0 Å². The summed E-state index contributed by atoms with van der Waals surface area (Å²) in [5, 5.41) is 14.1. The largest absolute Gasteiger partial charge is 0.363 e. The van der Waals surface area contributed by atoms with E-state index in [9.17, 15) is 0 Å². The number of rotatable bonds is 4. The van der Waals surface area contributed by atoms with Crippen molar-refractivity contribution in [2.45, 2.75) is 25.1 Å². The molecule has 1 fully saturated rings. The molecule has 16 heavy (non-hydrogen) atoms. The molecular formula is C10H18N4S2. The number of hydrogen-bond donors (Lipinski definition) is 1. The zero-order valence-electron chi connectivity index (χ0n) is 9.77. The van der Waals surface area contributed by atoms with Crippen molar-refractivity contribution in [3.8, 4) is 0 Å². The third kappa shape index (κ3) is 3.09. The van der Waals surface area contributed by atoms with Crippen LogP contribution in [0, 0.1) is 0 Å². The van der Waals surface area contributed by atoms with Crippen molar-refractivity contribution < 1.29 is 0 Å². The number of nitrogens with one attached hydrogen (secondary N) is 1. The molecule has 0 aromatic carbocycles. The molecule has 1 aromatic heterocycles. The summed E-state index contributed by atoms with van der Waals surface area (Å²) in [5.41, 5.74) is 0. The third-order valence-electron chi connectivity index (χ3n) is 2.72. The molecular weight excluding hydrogens is 240 g/mol. The summed E-state index contributed by atoms with van der Waals surface area (Å²) in [6, 6.07) is 0. The van der Waals surface area contributed by atoms with Crippen LogP contribution in [0.2, 0.25) is 0 Å². The van der Waals surface area contributed by atoms with Gasteiger partial charge in [-0.05, 0) is 6.42 Å². The van der Waals surface area contributed by atoms with Crippen molar-refractivity contribution in [2.24, 2.45) is 0 Å². The molecule has 2 heterocycles. The molecule has 0 aliphatic carbocycles. The van der Waals surface area contributed by atoms with Gasteiger partial charge in [0.2, 0.25) is 5.13 Å². The maximum absolute atomic E-state index is 4.19. The molecule has 1 N–H and O–H groups in total. The number of thioether (sulfide) groups is 1. The summed E-state index contributed by atoms with van der Waals surface area (Å²) in [6.45, 7) is 5.59. The summed E-state index contributed by atoms with van der Waals surface area (Å²) < 4.78 is 0. The summed E-state index contributed by atoms with van der Waals surface area (Å²) >= 11 is 3.75. The quantitative estimate of drug-likeness (QED) is 0.893. The highest BCUT2D eigenvalue weighted by atomic mass is 32.2. The molecule has 1 unspecified atom stereocenters. The molecule has 1 atom stereocenters. The lowest BCUT2D eigenvalue weighted by Gasteiger charge is -2.30. The average molecular weight is 258 g/mol. The fourth-order valence-electron chi connectivity index (χ4n) is 1.78. The fraction of sp³-hybridized carbons (Fsp3) is 0.800. The van der Waals surface area contributed by atoms with Gasteiger partial charge in [0.15, 0.2) is 0 Å². The first-order valence-electron chi connectivity index (χ1n) is 5.66. The molecule has 6 heteroatoms. The second-order valence-corrected chi connectivity index (χ2v) is 6.36. The Bertz CT molecular complexity index is 328. The minimum absolute atomic E-state index is 0.797. The molecule has 0 bridgehead atoms. The van der Waals surface area contributed by atoms with Crippen molar-refractivity contribution >= 4 is 28.2 Å². The zero-order valence-corrected chi connectivity index (χ0v) is 11.4. The Hall–Kier alpha value is -0.330. The van der Waals surface area contributed by atoms with Gasteiger partial charge in [0.05, 0.1) is 6.54 Å². The van der Waals surface area contributed by atoms with E-state index in [-0.39, 0.29) is 0 Å². The van der Waals surface area contributed by atoms with Gasteiger partial charge in [-0.3, -0.25) is 4.90 Å². The van der Waals surface area contributed by atoms with Crippen molar-refractivity contribution in [1.82, 2.24) is 15.1 Å². The van der Waals surface area contributed by atoms with Gasteiger partial charge in [-0.1, -0.05) is 18.3 Å². The maximum atomic E-state index is 4.19. The van der Waals surface area contributed by atoms with Gasteiger partial charge >= 0.3 is 0 Å². The normalized spacial score (nSPS) is 22.2. The Balaban J connectivity index is 1.88. The fourth-order valence-corrected chi connectivity index (χ4v) is 3.77. The van der Waals surface area contributed by atoms with Gasteiger partial charge in [0, 0.05) is 31.1 Å². The third-order valence-corrected chi connectivity index (χ3v) is 5.02. The van der Waals surface area contributed by atoms with E-state index >= 15 is 0 Å². The Labute approximate surface area is 105 Å². The summed E-state index contributed by atoms with van der Waals surface area (Å²) in [4.78, 5) is 2.49. The van der Waals surface area contributed by atoms with E-state index in [4.69, 9.17) is 0 Å². The van der Waals surface area contributed by atoms with Gasteiger partial charge in [-0.2, -0.15) is 11.8 Å². The SMILES string of the molecule is CCC1CN(Cc2nnc(NC)s2)CCS1. The average Bonchev–Trinajstić information content (AvgIpc) is 2.77. The van der Waals surface area contributed by atoms with Crippen LogP contribution in [0.1, 0.15) is 18.4 Å². The van der Waals surface area contributed by atoms with E-state index in [0.717, 1.165) is 21.9 Å². The van der Waals surface area contributed by atoms with Crippen molar-refractivity contribution in [3.05, 3.63) is 5.01 Å². The Morgan fingerprint density at radius 1 is 1.50 bits per heavy atom. The number of hydrogen-bond acceptors (Lipinski definition) is 6. The minimum Gasteiger partial charge on any atom is -0.363 e. The molecule has 0 amide bonds. The summed E-state index contributed by atoms with van der Waals surface area (Å²) in [6.07, 6.45) is 1.26. The second kappa shape index (κ2) is 5.84. The van der Waals surface area contributed by atoms with Crippen LogP contribution >= 0.6 is 23.1 Å². The molecule has 0 radical (unpaired) electrons. The first-order chi connectivity index (χ1) is 7.81. The molecule has 0 saturated carbocycles. The van der Waals surface area contributed by atoms with Crippen molar-refractivity contribution in [1.29, 1.82) is 0 Å². The predicted octanol–water partition coefficient (Wildman–Crippen LogP) is 1.91. The van der Waals surface area contributed by atoms with Crippen LogP contribution in [0.25, 0.3) is 0 Å². The standard InChI is InChI=1S/C10H18N4S2/c1-3-8-6-14(4-5-15-8)7-9-12-13-10(11-2)16-9/h8H,3-7H2,1-2H3,(H,11,13). The highest BCUT2D eigenvalue weighted by Crippen LogP contribution is 2.23. The Kier molecular flexibility index (Phi) is 4.43. The molecule has 1 aliphatic heterocycles. The van der Waals surface area contributed by atoms with Gasteiger partial charge in [0.25, 0.3) is 0 Å². The molecule has 2 rings (SSSR count). The Morgan fingerprint density at radius 2 is 2.38 bits per heavy atom. The van der Waals surface area contributed by atoms with Gasteiger partial charge < -0.3 is 5.32 Å². The van der Waals surface area contributed by atoms with Crippen molar-refractivity contribution in [3.63, 3.8) is 0 Å². The number of nitrogens with zero attached hydrogens (tertiary/aromatic N) is 3. The van der Waals surface area contributed by atoms with Crippen LogP contribution in [0.3, 0.4) is 0 Å². The van der Waals surface area contributed by atoms with E-state index < -0.39 is 0 Å². The van der Waals surface area contributed by atoms with Gasteiger partial charge in [0.1, 0.15) is 5.01 Å². The second-order valence-electron chi connectivity index (χ2n) is 3.89. The van der Waals surface area contributed by atoms with Crippen LogP contribution in [0.15, 0.2) is 0 Å². The zero-order chi connectivity index (χ0) is 11.4. The highest BCUT2D eigenvalue weighted by Gasteiger charge is 2.19. The lowest BCUT2D eigenvalue weighted by Crippen LogP contribution is -2.36. The topological polar surface area (TPSA) is 41.1 Å². The van der Waals surface area contributed by atoms with Crippen LogP contribution < -0.4 is 5.32 Å². The molecule has 4 nitrogen and oxygen atoms in total. The highest BCUT2D eigenvalue weighted by molar-refractivity contribution is 8.00. The molecule has 1 aromatic rings. The van der Waals surface area contributed by atoms with E-state index in [2.05, 4.69) is 39.1 Å². The van der Waals surface area contributed by atoms with Crippen LogP contribution in [-0.2, 0) is 6.54 Å². The maximum Gasteiger partial charge on any atom is 0.205 e. The number of aromatic nitrogens is 2. The van der Waals surface area contributed by atoms with E-state index in [0.29, 0.717) is 0 Å². The lowest BCUT2D eigenvalue weighted by atomic mass is 10.3. The molecule has 0 spiro atoms. The Morgan fingerprint density at radius 3 is 3.06 bits per heavy atom. The van der Waals surface area contributed by atoms with Crippen LogP contribution in [0.5, 0.6) is 0 Å².